The standard InChI is InChI=1S/C9H9N3/c1-2-9-10-6-8(7-3-4-7)12(9)11-5-1/h1-2,5-7H,3-4H2. The highest BCUT2D eigenvalue weighted by molar-refractivity contribution is 5.39. The van der Waals surface area contributed by atoms with Crippen molar-refractivity contribution in [3.63, 3.8) is 0 Å². The minimum atomic E-state index is 0.717. The average molecular weight is 159 g/mol. The van der Waals surface area contributed by atoms with Crippen LogP contribution in [0.3, 0.4) is 0 Å². The summed E-state index contributed by atoms with van der Waals surface area (Å²) in [6.45, 7) is 0. The Hall–Kier alpha value is -1.38. The minimum absolute atomic E-state index is 0.717. The molecule has 0 atom stereocenters. The van der Waals surface area contributed by atoms with Gasteiger partial charge in [0, 0.05) is 12.1 Å². The molecule has 0 aromatic carbocycles. The third kappa shape index (κ3) is 0.763. The molecule has 2 heterocycles. The van der Waals surface area contributed by atoms with E-state index in [0.717, 1.165) is 11.6 Å². The molecular weight excluding hydrogens is 150 g/mol. The quantitative estimate of drug-likeness (QED) is 0.632. The van der Waals surface area contributed by atoms with Crippen LogP contribution >= 0.6 is 0 Å². The van der Waals surface area contributed by atoms with Crippen LogP contribution in [0.5, 0.6) is 0 Å². The Bertz CT molecular complexity index is 414. The van der Waals surface area contributed by atoms with Crippen LogP contribution in [-0.4, -0.2) is 14.6 Å². The number of imidazole rings is 1. The largest absolute Gasteiger partial charge is 0.235 e. The molecule has 3 heteroatoms. The molecule has 0 aliphatic heterocycles. The molecule has 0 radical (unpaired) electrons. The third-order valence-corrected chi connectivity index (χ3v) is 2.30. The van der Waals surface area contributed by atoms with E-state index in [9.17, 15) is 0 Å². The fraction of sp³-hybridized carbons (Fsp3) is 0.333. The van der Waals surface area contributed by atoms with Crippen molar-refractivity contribution < 1.29 is 0 Å². The number of hydrogen-bond donors (Lipinski definition) is 0. The average Bonchev–Trinajstić information content (AvgIpc) is 2.86. The van der Waals surface area contributed by atoms with Gasteiger partial charge in [-0.15, -0.1) is 0 Å². The number of nitrogens with zero attached hydrogens (tertiary/aromatic N) is 3. The van der Waals surface area contributed by atoms with Crippen molar-refractivity contribution in [2.75, 3.05) is 0 Å². The van der Waals surface area contributed by atoms with Gasteiger partial charge in [-0.25, -0.2) is 9.50 Å². The van der Waals surface area contributed by atoms with Gasteiger partial charge in [0.2, 0.25) is 0 Å². The Balaban J connectivity index is 2.30. The van der Waals surface area contributed by atoms with E-state index in [4.69, 9.17) is 0 Å². The summed E-state index contributed by atoms with van der Waals surface area (Å²) >= 11 is 0. The summed E-state index contributed by atoms with van der Waals surface area (Å²) < 4.78 is 1.94. The SMILES string of the molecule is c1cnn2c(C3CC3)cnc2c1. The van der Waals surface area contributed by atoms with Crippen LogP contribution < -0.4 is 0 Å². The second kappa shape index (κ2) is 2.06. The van der Waals surface area contributed by atoms with Gasteiger partial charge in [0.05, 0.1) is 11.9 Å². The molecule has 3 nitrogen and oxygen atoms in total. The first-order chi connectivity index (χ1) is 5.95. The Labute approximate surface area is 70.0 Å². The fourth-order valence-electron chi connectivity index (χ4n) is 1.51. The molecule has 0 bridgehead atoms. The van der Waals surface area contributed by atoms with E-state index in [0.29, 0.717) is 0 Å². The monoisotopic (exact) mass is 159 g/mol. The molecular formula is C9H9N3. The van der Waals surface area contributed by atoms with Crippen LogP contribution in [0.2, 0.25) is 0 Å². The zero-order valence-electron chi connectivity index (χ0n) is 6.64. The molecule has 60 valence electrons. The molecule has 0 spiro atoms. The molecule has 1 aliphatic rings. The van der Waals surface area contributed by atoms with Crippen molar-refractivity contribution in [3.8, 4) is 0 Å². The molecule has 0 amide bonds. The maximum absolute atomic E-state index is 4.28. The fourth-order valence-corrected chi connectivity index (χ4v) is 1.51. The molecule has 3 rings (SSSR count). The molecule has 1 saturated carbocycles. The van der Waals surface area contributed by atoms with E-state index < -0.39 is 0 Å². The predicted molar refractivity (Wildman–Crippen MR) is 45.0 cm³/mol. The predicted octanol–water partition coefficient (Wildman–Crippen LogP) is 1.61. The zero-order valence-corrected chi connectivity index (χ0v) is 6.64. The lowest BCUT2D eigenvalue weighted by molar-refractivity contribution is 0.852. The van der Waals surface area contributed by atoms with Crippen LogP contribution in [-0.2, 0) is 0 Å². The number of hydrogen-bond acceptors (Lipinski definition) is 2. The lowest BCUT2D eigenvalue weighted by Gasteiger charge is -1.95. The summed E-state index contributed by atoms with van der Waals surface area (Å²) in [5.41, 5.74) is 2.23. The van der Waals surface area contributed by atoms with Crippen molar-refractivity contribution in [3.05, 3.63) is 30.2 Å². The number of fused-ring (bicyclic) bond motifs is 1. The molecule has 0 saturated heterocycles. The maximum atomic E-state index is 4.28. The van der Waals surface area contributed by atoms with Crippen LogP contribution in [0.4, 0.5) is 0 Å². The second-order valence-electron chi connectivity index (χ2n) is 3.25. The van der Waals surface area contributed by atoms with Crippen LogP contribution in [0.1, 0.15) is 24.5 Å². The van der Waals surface area contributed by atoms with Gasteiger partial charge in [-0.05, 0) is 25.0 Å². The van der Waals surface area contributed by atoms with Gasteiger partial charge in [-0.2, -0.15) is 5.10 Å². The summed E-state index contributed by atoms with van der Waals surface area (Å²) in [7, 11) is 0. The highest BCUT2D eigenvalue weighted by atomic mass is 15.3. The van der Waals surface area contributed by atoms with Gasteiger partial charge in [0.25, 0.3) is 0 Å². The van der Waals surface area contributed by atoms with E-state index in [-0.39, 0.29) is 0 Å². The van der Waals surface area contributed by atoms with Crippen molar-refractivity contribution in [1.82, 2.24) is 14.6 Å². The summed E-state index contributed by atoms with van der Waals surface area (Å²) in [6, 6.07) is 3.90. The van der Waals surface area contributed by atoms with Crippen molar-refractivity contribution >= 4 is 5.65 Å². The van der Waals surface area contributed by atoms with E-state index in [1.807, 2.05) is 22.8 Å². The Morgan fingerprint density at radius 3 is 3.17 bits per heavy atom. The maximum Gasteiger partial charge on any atom is 0.153 e. The van der Waals surface area contributed by atoms with Gasteiger partial charge in [-0.1, -0.05) is 0 Å². The highest BCUT2D eigenvalue weighted by Gasteiger charge is 2.26. The van der Waals surface area contributed by atoms with Crippen LogP contribution in [0.15, 0.2) is 24.5 Å². The number of aromatic nitrogens is 3. The van der Waals surface area contributed by atoms with Gasteiger partial charge >= 0.3 is 0 Å². The molecule has 0 N–H and O–H groups in total. The van der Waals surface area contributed by atoms with E-state index in [1.54, 1.807) is 6.20 Å². The van der Waals surface area contributed by atoms with E-state index >= 15 is 0 Å². The number of rotatable bonds is 1. The molecule has 12 heavy (non-hydrogen) atoms. The molecule has 0 unspecified atom stereocenters. The summed E-state index contributed by atoms with van der Waals surface area (Å²) in [5.74, 6) is 0.717. The Morgan fingerprint density at radius 1 is 1.42 bits per heavy atom. The lowest BCUT2D eigenvalue weighted by atomic mass is 10.3. The summed E-state index contributed by atoms with van der Waals surface area (Å²) in [5, 5.41) is 4.26. The first-order valence-electron chi connectivity index (χ1n) is 4.24. The van der Waals surface area contributed by atoms with E-state index in [2.05, 4.69) is 10.1 Å². The molecule has 2 aromatic heterocycles. The third-order valence-electron chi connectivity index (χ3n) is 2.30. The molecule has 1 fully saturated rings. The van der Waals surface area contributed by atoms with Gasteiger partial charge in [0.15, 0.2) is 5.65 Å². The Morgan fingerprint density at radius 2 is 2.33 bits per heavy atom. The first-order valence-corrected chi connectivity index (χ1v) is 4.24. The summed E-state index contributed by atoms with van der Waals surface area (Å²) in [6.07, 6.45) is 6.34. The first kappa shape index (κ1) is 6.17. The van der Waals surface area contributed by atoms with E-state index in [1.165, 1.54) is 18.5 Å². The van der Waals surface area contributed by atoms with Crippen molar-refractivity contribution in [1.29, 1.82) is 0 Å². The van der Waals surface area contributed by atoms with Crippen molar-refractivity contribution in [2.45, 2.75) is 18.8 Å². The van der Waals surface area contributed by atoms with Crippen LogP contribution in [0.25, 0.3) is 5.65 Å². The topological polar surface area (TPSA) is 30.2 Å². The highest BCUT2D eigenvalue weighted by Crippen LogP contribution is 2.39. The van der Waals surface area contributed by atoms with Gasteiger partial charge < -0.3 is 0 Å². The summed E-state index contributed by atoms with van der Waals surface area (Å²) in [4.78, 5) is 4.28. The normalized spacial score (nSPS) is 17.0. The Kier molecular flexibility index (Phi) is 1.06. The smallest absolute Gasteiger partial charge is 0.153 e. The molecule has 2 aromatic rings. The van der Waals surface area contributed by atoms with Gasteiger partial charge in [0.1, 0.15) is 0 Å². The molecule has 1 aliphatic carbocycles. The zero-order chi connectivity index (χ0) is 7.97. The second-order valence-corrected chi connectivity index (χ2v) is 3.25. The minimum Gasteiger partial charge on any atom is -0.235 e. The van der Waals surface area contributed by atoms with Crippen LogP contribution in [0, 0.1) is 0 Å². The lowest BCUT2D eigenvalue weighted by Crippen LogP contribution is -1.93. The van der Waals surface area contributed by atoms with Gasteiger partial charge in [-0.3, -0.25) is 0 Å². The van der Waals surface area contributed by atoms with Crippen molar-refractivity contribution in [2.24, 2.45) is 0 Å².